The van der Waals surface area contributed by atoms with Gasteiger partial charge in [-0.05, 0) is 44.5 Å². The first-order chi connectivity index (χ1) is 7.27. The quantitative estimate of drug-likeness (QED) is 0.755. The Morgan fingerprint density at radius 3 is 2.80 bits per heavy atom. The average Bonchev–Trinajstić information content (AvgIpc) is 2.26. The Morgan fingerprint density at radius 1 is 1.33 bits per heavy atom. The van der Waals surface area contributed by atoms with Crippen LogP contribution in [0, 0.1) is 6.92 Å². The molecule has 0 radical (unpaired) electrons. The summed E-state index contributed by atoms with van der Waals surface area (Å²) in [4.78, 5) is 1.25. The first kappa shape index (κ1) is 10.8. The molecule has 0 atom stereocenters. The minimum Gasteiger partial charge on any atom is -0.398 e. The van der Waals surface area contributed by atoms with E-state index >= 15 is 0 Å². The Morgan fingerprint density at radius 2 is 2.07 bits per heavy atom. The van der Waals surface area contributed by atoms with Gasteiger partial charge in [0.15, 0.2) is 0 Å². The lowest BCUT2D eigenvalue weighted by molar-refractivity contribution is 0.531. The molecule has 1 saturated heterocycles. The van der Waals surface area contributed by atoms with Gasteiger partial charge in [0.1, 0.15) is 0 Å². The van der Waals surface area contributed by atoms with Gasteiger partial charge in [-0.1, -0.05) is 12.1 Å². The normalized spacial score (nSPS) is 17.9. The molecule has 0 amide bonds. The molecule has 1 aliphatic heterocycles. The molecule has 1 aromatic carbocycles. The van der Waals surface area contributed by atoms with Crippen molar-refractivity contribution in [1.82, 2.24) is 5.32 Å². The molecule has 3 heteroatoms. The van der Waals surface area contributed by atoms with Crippen molar-refractivity contribution in [2.45, 2.75) is 29.9 Å². The van der Waals surface area contributed by atoms with Gasteiger partial charge in [0, 0.05) is 15.8 Å². The van der Waals surface area contributed by atoms with Crippen molar-refractivity contribution in [2.75, 3.05) is 18.8 Å². The molecule has 0 unspecified atom stereocenters. The monoisotopic (exact) mass is 222 g/mol. The number of para-hydroxylation sites is 1. The molecule has 0 bridgehead atoms. The molecular weight excluding hydrogens is 204 g/mol. The fourth-order valence-corrected chi connectivity index (χ4v) is 3.12. The summed E-state index contributed by atoms with van der Waals surface area (Å²) < 4.78 is 0. The summed E-state index contributed by atoms with van der Waals surface area (Å²) in [5.74, 6) is 0. The summed E-state index contributed by atoms with van der Waals surface area (Å²) in [5, 5.41) is 4.11. The summed E-state index contributed by atoms with van der Waals surface area (Å²) >= 11 is 1.94. The smallest absolute Gasteiger partial charge is 0.0482 e. The molecule has 1 aromatic rings. The van der Waals surface area contributed by atoms with E-state index in [9.17, 15) is 0 Å². The number of rotatable bonds is 2. The standard InChI is InChI=1S/C12H18N2S/c1-9-3-2-4-11(12(9)13)15-10-5-7-14-8-6-10/h2-4,10,14H,5-8,13H2,1H3. The molecule has 3 N–H and O–H groups in total. The largest absolute Gasteiger partial charge is 0.398 e. The zero-order valence-corrected chi connectivity index (χ0v) is 9.94. The molecule has 1 fully saturated rings. The zero-order valence-electron chi connectivity index (χ0n) is 9.12. The van der Waals surface area contributed by atoms with Crippen LogP contribution in [-0.2, 0) is 0 Å². The van der Waals surface area contributed by atoms with Gasteiger partial charge in [-0.2, -0.15) is 0 Å². The highest BCUT2D eigenvalue weighted by molar-refractivity contribution is 8.00. The maximum absolute atomic E-state index is 6.06. The second-order valence-corrected chi connectivity index (χ2v) is 5.40. The van der Waals surface area contributed by atoms with E-state index in [1.807, 2.05) is 11.8 Å². The fourth-order valence-electron chi connectivity index (χ4n) is 1.85. The second kappa shape index (κ2) is 4.90. The molecule has 15 heavy (non-hydrogen) atoms. The van der Waals surface area contributed by atoms with Crippen LogP contribution in [0.4, 0.5) is 5.69 Å². The Balaban J connectivity index is 2.06. The second-order valence-electron chi connectivity index (χ2n) is 4.05. The summed E-state index contributed by atoms with van der Waals surface area (Å²) in [6.07, 6.45) is 2.50. The topological polar surface area (TPSA) is 38.0 Å². The van der Waals surface area contributed by atoms with Gasteiger partial charge in [0.05, 0.1) is 0 Å². The van der Waals surface area contributed by atoms with Crippen molar-refractivity contribution in [2.24, 2.45) is 0 Å². The molecule has 1 aliphatic rings. The molecule has 0 spiro atoms. The van der Waals surface area contributed by atoms with E-state index in [1.165, 1.54) is 23.3 Å². The van der Waals surface area contributed by atoms with Gasteiger partial charge in [0.25, 0.3) is 0 Å². The SMILES string of the molecule is Cc1cccc(SC2CCNCC2)c1N. The molecule has 2 nitrogen and oxygen atoms in total. The van der Waals surface area contributed by atoms with Crippen molar-refractivity contribution in [3.8, 4) is 0 Å². The van der Waals surface area contributed by atoms with Crippen molar-refractivity contribution in [1.29, 1.82) is 0 Å². The number of hydrogen-bond donors (Lipinski definition) is 2. The lowest BCUT2D eigenvalue weighted by Crippen LogP contribution is -2.29. The highest BCUT2D eigenvalue weighted by atomic mass is 32.2. The predicted molar refractivity (Wildman–Crippen MR) is 67.3 cm³/mol. The number of nitrogen functional groups attached to an aromatic ring is 1. The minimum absolute atomic E-state index is 0.732. The third-order valence-corrected chi connectivity index (χ3v) is 4.28. The van der Waals surface area contributed by atoms with Crippen molar-refractivity contribution in [3.05, 3.63) is 23.8 Å². The first-order valence-electron chi connectivity index (χ1n) is 5.50. The molecule has 2 rings (SSSR count). The van der Waals surface area contributed by atoms with Crippen LogP contribution in [0.25, 0.3) is 0 Å². The number of anilines is 1. The molecule has 0 aromatic heterocycles. The highest BCUT2D eigenvalue weighted by Crippen LogP contribution is 2.33. The van der Waals surface area contributed by atoms with Gasteiger partial charge in [0.2, 0.25) is 0 Å². The minimum atomic E-state index is 0.732. The predicted octanol–water partition coefficient (Wildman–Crippen LogP) is 2.42. The van der Waals surface area contributed by atoms with Crippen LogP contribution in [0.2, 0.25) is 0 Å². The van der Waals surface area contributed by atoms with Gasteiger partial charge < -0.3 is 11.1 Å². The molecule has 1 heterocycles. The van der Waals surface area contributed by atoms with Crippen LogP contribution >= 0.6 is 11.8 Å². The van der Waals surface area contributed by atoms with Crippen LogP contribution in [0.5, 0.6) is 0 Å². The van der Waals surface area contributed by atoms with Crippen molar-refractivity contribution in [3.63, 3.8) is 0 Å². The Kier molecular flexibility index (Phi) is 3.54. The number of benzene rings is 1. The average molecular weight is 222 g/mol. The van der Waals surface area contributed by atoms with Crippen LogP contribution in [0.3, 0.4) is 0 Å². The molecule has 82 valence electrons. The molecule has 0 aliphatic carbocycles. The number of nitrogens with two attached hydrogens (primary N) is 1. The third kappa shape index (κ3) is 2.67. The summed E-state index contributed by atoms with van der Waals surface area (Å²) in [7, 11) is 0. The van der Waals surface area contributed by atoms with E-state index in [2.05, 4.69) is 30.4 Å². The van der Waals surface area contributed by atoms with Gasteiger partial charge in [-0.15, -0.1) is 11.8 Å². The van der Waals surface area contributed by atoms with Crippen molar-refractivity contribution >= 4 is 17.4 Å². The van der Waals surface area contributed by atoms with Gasteiger partial charge in [-0.25, -0.2) is 0 Å². The van der Waals surface area contributed by atoms with E-state index in [1.54, 1.807) is 0 Å². The Labute approximate surface area is 95.6 Å². The van der Waals surface area contributed by atoms with Crippen LogP contribution in [-0.4, -0.2) is 18.3 Å². The third-order valence-electron chi connectivity index (χ3n) is 2.86. The van der Waals surface area contributed by atoms with Crippen LogP contribution < -0.4 is 11.1 Å². The lowest BCUT2D eigenvalue weighted by Gasteiger charge is -2.22. The number of aryl methyl sites for hydroxylation is 1. The number of nitrogens with one attached hydrogen (secondary N) is 1. The fraction of sp³-hybridized carbons (Fsp3) is 0.500. The zero-order chi connectivity index (χ0) is 10.7. The lowest BCUT2D eigenvalue weighted by atomic mass is 10.2. The summed E-state index contributed by atoms with van der Waals surface area (Å²) in [5.41, 5.74) is 8.21. The highest BCUT2D eigenvalue weighted by Gasteiger charge is 2.15. The number of hydrogen-bond acceptors (Lipinski definition) is 3. The van der Waals surface area contributed by atoms with Crippen LogP contribution in [0.1, 0.15) is 18.4 Å². The Hall–Kier alpha value is -0.670. The number of piperidine rings is 1. The van der Waals surface area contributed by atoms with Gasteiger partial charge in [-0.3, -0.25) is 0 Å². The van der Waals surface area contributed by atoms with E-state index in [4.69, 9.17) is 5.73 Å². The summed E-state index contributed by atoms with van der Waals surface area (Å²) in [6.45, 7) is 4.36. The van der Waals surface area contributed by atoms with E-state index < -0.39 is 0 Å². The van der Waals surface area contributed by atoms with Crippen LogP contribution in [0.15, 0.2) is 23.1 Å². The van der Waals surface area contributed by atoms with E-state index in [0.717, 1.165) is 24.0 Å². The van der Waals surface area contributed by atoms with E-state index in [-0.39, 0.29) is 0 Å². The van der Waals surface area contributed by atoms with E-state index in [0.29, 0.717) is 0 Å². The first-order valence-corrected chi connectivity index (χ1v) is 6.38. The number of thioether (sulfide) groups is 1. The maximum Gasteiger partial charge on any atom is 0.0482 e. The molecule has 0 saturated carbocycles. The van der Waals surface area contributed by atoms with Gasteiger partial charge >= 0.3 is 0 Å². The maximum atomic E-state index is 6.06. The summed E-state index contributed by atoms with van der Waals surface area (Å²) in [6, 6.07) is 6.30. The molecular formula is C12H18N2S. The Bertz CT molecular complexity index is 332. The van der Waals surface area contributed by atoms with Crippen molar-refractivity contribution < 1.29 is 0 Å².